The Morgan fingerprint density at radius 2 is 1.75 bits per heavy atom. The highest BCUT2D eigenvalue weighted by atomic mass is 19.1. The van der Waals surface area contributed by atoms with Gasteiger partial charge in [0.05, 0.1) is 17.8 Å². The van der Waals surface area contributed by atoms with Gasteiger partial charge in [-0.3, -0.25) is 14.7 Å². The molecule has 1 aromatic heterocycles. The second-order valence-electron chi connectivity index (χ2n) is 5.77. The Bertz CT molecular complexity index is 996. The molecule has 142 valence electrons. The highest BCUT2D eigenvalue weighted by molar-refractivity contribution is 5.97. The molecule has 0 saturated carbocycles. The summed E-state index contributed by atoms with van der Waals surface area (Å²) in [4.78, 5) is 23.7. The first-order valence-electron chi connectivity index (χ1n) is 8.33. The minimum atomic E-state index is -0.751. The molecule has 8 heteroatoms. The standard InChI is InChI=1S/C20H16F2N4O2/c21-14-7-4-8-15(22)20(14)16-11-17(26-25-16)24-19(28)12-23-18(27)10-9-13-5-2-1-3-6-13/h1-11H,12H2,(H,23,27)(H2,24,25,26,28)/b10-9+. The molecule has 0 aliphatic heterocycles. The Morgan fingerprint density at radius 1 is 1.04 bits per heavy atom. The van der Waals surface area contributed by atoms with Gasteiger partial charge >= 0.3 is 0 Å². The van der Waals surface area contributed by atoms with Crippen molar-refractivity contribution in [2.24, 2.45) is 0 Å². The summed E-state index contributed by atoms with van der Waals surface area (Å²) in [5.74, 6) is -2.39. The van der Waals surface area contributed by atoms with E-state index in [9.17, 15) is 18.4 Å². The van der Waals surface area contributed by atoms with Crippen molar-refractivity contribution in [2.75, 3.05) is 11.9 Å². The summed E-state index contributed by atoms with van der Waals surface area (Å²) in [7, 11) is 0. The first-order chi connectivity index (χ1) is 13.5. The lowest BCUT2D eigenvalue weighted by atomic mass is 10.1. The van der Waals surface area contributed by atoms with Crippen LogP contribution in [0.1, 0.15) is 5.56 Å². The van der Waals surface area contributed by atoms with Gasteiger partial charge in [0.25, 0.3) is 0 Å². The fourth-order valence-corrected chi connectivity index (χ4v) is 2.42. The number of aromatic amines is 1. The summed E-state index contributed by atoms with van der Waals surface area (Å²) in [6, 6.07) is 14.0. The van der Waals surface area contributed by atoms with Crippen molar-refractivity contribution < 1.29 is 18.4 Å². The van der Waals surface area contributed by atoms with Crippen LogP contribution in [0.25, 0.3) is 17.3 Å². The van der Waals surface area contributed by atoms with Gasteiger partial charge in [-0.1, -0.05) is 36.4 Å². The number of hydrogen-bond donors (Lipinski definition) is 3. The molecule has 0 bridgehead atoms. The monoisotopic (exact) mass is 382 g/mol. The zero-order chi connectivity index (χ0) is 19.9. The van der Waals surface area contributed by atoms with Crippen LogP contribution >= 0.6 is 0 Å². The van der Waals surface area contributed by atoms with Gasteiger partial charge in [-0.05, 0) is 23.8 Å². The zero-order valence-corrected chi connectivity index (χ0v) is 14.6. The largest absolute Gasteiger partial charge is 0.343 e. The summed E-state index contributed by atoms with van der Waals surface area (Å²) in [6.45, 7) is -0.284. The predicted molar refractivity (Wildman–Crippen MR) is 101 cm³/mol. The van der Waals surface area contributed by atoms with E-state index in [2.05, 4.69) is 20.8 Å². The minimum Gasteiger partial charge on any atom is -0.343 e. The van der Waals surface area contributed by atoms with Gasteiger partial charge in [-0.2, -0.15) is 5.10 Å². The molecule has 0 fully saturated rings. The van der Waals surface area contributed by atoms with Crippen LogP contribution in [0.2, 0.25) is 0 Å². The summed E-state index contributed by atoms with van der Waals surface area (Å²) in [5.41, 5.74) is 0.669. The van der Waals surface area contributed by atoms with Crippen molar-refractivity contribution in [3.8, 4) is 11.3 Å². The minimum absolute atomic E-state index is 0.0803. The summed E-state index contributed by atoms with van der Waals surface area (Å²) < 4.78 is 27.6. The number of halogens is 2. The molecular formula is C20H16F2N4O2. The maximum absolute atomic E-state index is 13.8. The molecule has 3 N–H and O–H groups in total. The molecule has 0 unspecified atom stereocenters. The maximum atomic E-state index is 13.8. The van der Waals surface area contributed by atoms with Gasteiger partial charge in [0.2, 0.25) is 11.8 Å². The highest BCUT2D eigenvalue weighted by Gasteiger charge is 2.14. The van der Waals surface area contributed by atoms with Crippen LogP contribution in [-0.4, -0.2) is 28.6 Å². The van der Waals surface area contributed by atoms with E-state index >= 15 is 0 Å². The van der Waals surface area contributed by atoms with Crippen molar-refractivity contribution >= 4 is 23.7 Å². The molecule has 3 rings (SSSR count). The molecule has 1 heterocycles. The average molecular weight is 382 g/mol. The first-order valence-corrected chi connectivity index (χ1v) is 8.33. The molecule has 3 aromatic rings. The van der Waals surface area contributed by atoms with Crippen LogP contribution in [0.15, 0.2) is 60.7 Å². The number of hydrogen-bond acceptors (Lipinski definition) is 3. The molecule has 0 radical (unpaired) electrons. The van der Waals surface area contributed by atoms with E-state index in [1.165, 1.54) is 18.2 Å². The second kappa shape index (κ2) is 8.72. The fourth-order valence-electron chi connectivity index (χ4n) is 2.42. The van der Waals surface area contributed by atoms with Crippen LogP contribution in [0, 0.1) is 11.6 Å². The number of amides is 2. The van der Waals surface area contributed by atoms with Gasteiger partial charge in [-0.25, -0.2) is 8.78 Å². The van der Waals surface area contributed by atoms with E-state index in [4.69, 9.17) is 0 Å². The Morgan fingerprint density at radius 3 is 2.46 bits per heavy atom. The Kier molecular flexibility index (Phi) is 5.91. The third-order valence-electron chi connectivity index (χ3n) is 3.73. The zero-order valence-electron chi connectivity index (χ0n) is 14.6. The molecule has 0 saturated heterocycles. The molecule has 0 spiro atoms. The lowest BCUT2D eigenvalue weighted by molar-refractivity contribution is -0.121. The smallest absolute Gasteiger partial charge is 0.244 e. The van der Waals surface area contributed by atoms with Crippen molar-refractivity contribution in [1.29, 1.82) is 0 Å². The SMILES string of the molecule is O=C(/C=C/c1ccccc1)NCC(=O)Nc1cc(-c2c(F)cccc2F)[nH]n1. The predicted octanol–water partition coefficient (Wildman–Crippen LogP) is 3.12. The number of anilines is 1. The molecule has 0 aliphatic rings. The number of benzene rings is 2. The molecule has 6 nitrogen and oxygen atoms in total. The van der Waals surface area contributed by atoms with Crippen molar-refractivity contribution in [3.63, 3.8) is 0 Å². The van der Waals surface area contributed by atoms with Gasteiger partial charge in [0.15, 0.2) is 5.82 Å². The summed E-state index contributed by atoms with van der Waals surface area (Å²) >= 11 is 0. The maximum Gasteiger partial charge on any atom is 0.244 e. The third-order valence-corrected chi connectivity index (χ3v) is 3.73. The molecule has 0 aliphatic carbocycles. The molecule has 0 atom stereocenters. The summed E-state index contributed by atoms with van der Waals surface area (Å²) in [5, 5.41) is 11.1. The fraction of sp³-hybridized carbons (Fsp3) is 0.0500. The number of aromatic nitrogens is 2. The van der Waals surface area contributed by atoms with Crippen LogP contribution in [0.5, 0.6) is 0 Å². The van der Waals surface area contributed by atoms with Gasteiger partial charge < -0.3 is 10.6 Å². The molecule has 28 heavy (non-hydrogen) atoms. The van der Waals surface area contributed by atoms with Crippen molar-refractivity contribution in [1.82, 2.24) is 15.5 Å². The molecule has 2 amide bonds. The number of nitrogens with one attached hydrogen (secondary N) is 3. The van der Waals surface area contributed by atoms with E-state index in [0.717, 1.165) is 17.7 Å². The Balaban J connectivity index is 1.54. The normalized spacial score (nSPS) is 10.8. The van der Waals surface area contributed by atoms with Crippen LogP contribution < -0.4 is 10.6 Å². The third kappa shape index (κ3) is 4.88. The topological polar surface area (TPSA) is 86.9 Å². The summed E-state index contributed by atoms with van der Waals surface area (Å²) in [6.07, 6.45) is 2.94. The molecule has 2 aromatic carbocycles. The van der Waals surface area contributed by atoms with Gasteiger partial charge in [0, 0.05) is 12.1 Å². The van der Waals surface area contributed by atoms with E-state index in [1.807, 2.05) is 30.3 Å². The van der Waals surface area contributed by atoms with E-state index in [0.29, 0.717) is 0 Å². The first kappa shape index (κ1) is 19.0. The Hall–Kier alpha value is -3.81. The van der Waals surface area contributed by atoms with Crippen LogP contribution in [0.4, 0.5) is 14.6 Å². The van der Waals surface area contributed by atoms with Crippen molar-refractivity contribution in [3.05, 3.63) is 77.9 Å². The lowest BCUT2D eigenvalue weighted by Gasteiger charge is -2.02. The quantitative estimate of drug-likeness (QED) is 0.573. The number of H-pyrrole nitrogens is 1. The van der Waals surface area contributed by atoms with E-state index in [-0.39, 0.29) is 23.6 Å². The van der Waals surface area contributed by atoms with Gasteiger partial charge in [-0.15, -0.1) is 0 Å². The second-order valence-corrected chi connectivity index (χ2v) is 5.77. The number of rotatable bonds is 6. The number of carbonyl (C=O) groups excluding carboxylic acids is 2. The van der Waals surface area contributed by atoms with Crippen LogP contribution in [0.3, 0.4) is 0 Å². The van der Waals surface area contributed by atoms with Gasteiger partial charge in [0.1, 0.15) is 11.6 Å². The average Bonchev–Trinajstić information content (AvgIpc) is 3.13. The molecular weight excluding hydrogens is 366 g/mol. The number of nitrogens with zero attached hydrogens (tertiary/aromatic N) is 1. The van der Waals surface area contributed by atoms with E-state index < -0.39 is 23.4 Å². The van der Waals surface area contributed by atoms with E-state index in [1.54, 1.807) is 6.08 Å². The lowest BCUT2D eigenvalue weighted by Crippen LogP contribution is -2.31. The highest BCUT2D eigenvalue weighted by Crippen LogP contribution is 2.25. The van der Waals surface area contributed by atoms with Crippen molar-refractivity contribution in [2.45, 2.75) is 0 Å². The number of carbonyl (C=O) groups is 2. The van der Waals surface area contributed by atoms with Crippen LogP contribution in [-0.2, 0) is 9.59 Å². The Labute approximate surface area is 159 Å².